The fraction of sp³-hybridized carbons (Fsp3) is 0.357. The van der Waals surface area contributed by atoms with Crippen LogP contribution in [-0.4, -0.2) is 16.9 Å². The fourth-order valence-electron chi connectivity index (χ4n) is 1.96. The van der Waals surface area contributed by atoms with E-state index in [1.807, 2.05) is 29.8 Å². The fourth-order valence-corrected chi connectivity index (χ4v) is 1.96. The van der Waals surface area contributed by atoms with Crippen LogP contribution in [0.5, 0.6) is 5.75 Å². The van der Waals surface area contributed by atoms with Crippen LogP contribution in [0.1, 0.15) is 18.2 Å². The molecule has 0 saturated carbocycles. The average molecular weight is 245 g/mol. The summed E-state index contributed by atoms with van der Waals surface area (Å²) in [6, 6.07) is 10.1. The number of ether oxygens (including phenoxy) is 1. The van der Waals surface area contributed by atoms with Gasteiger partial charge in [-0.05, 0) is 19.9 Å². The summed E-state index contributed by atoms with van der Waals surface area (Å²) < 4.78 is 7.30. The molecule has 2 aromatic rings. The van der Waals surface area contributed by atoms with Crippen LogP contribution >= 0.6 is 0 Å². The summed E-state index contributed by atoms with van der Waals surface area (Å²) in [5, 5.41) is 7.80. The Morgan fingerprint density at radius 2 is 2.11 bits per heavy atom. The van der Waals surface area contributed by atoms with Crippen molar-refractivity contribution in [2.24, 2.45) is 0 Å². The molecule has 2 rings (SSSR count). The molecule has 0 spiro atoms. The second kappa shape index (κ2) is 5.58. The van der Waals surface area contributed by atoms with Gasteiger partial charge in [-0.2, -0.15) is 5.10 Å². The lowest BCUT2D eigenvalue weighted by atomic mass is 10.2. The Morgan fingerprint density at radius 1 is 1.33 bits per heavy atom. The number of aromatic nitrogens is 2. The first-order valence-corrected chi connectivity index (χ1v) is 6.14. The van der Waals surface area contributed by atoms with E-state index >= 15 is 0 Å². The van der Waals surface area contributed by atoms with Crippen molar-refractivity contribution in [1.29, 1.82) is 0 Å². The largest absolute Gasteiger partial charge is 0.496 e. The molecule has 0 unspecified atom stereocenters. The maximum absolute atomic E-state index is 5.33. The molecule has 0 aliphatic rings. The molecular weight excluding hydrogens is 226 g/mol. The number of methoxy groups -OCH3 is 1. The lowest BCUT2D eigenvalue weighted by Crippen LogP contribution is -2.07. The van der Waals surface area contributed by atoms with Crippen molar-refractivity contribution in [3.63, 3.8) is 0 Å². The Morgan fingerprint density at radius 3 is 2.83 bits per heavy atom. The maximum atomic E-state index is 5.33. The van der Waals surface area contributed by atoms with Gasteiger partial charge in [0.1, 0.15) is 11.6 Å². The van der Waals surface area contributed by atoms with Crippen molar-refractivity contribution in [3.8, 4) is 5.75 Å². The van der Waals surface area contributed by atoms with Crippen LogP contribution < -0.4 is 10.1 Å². The third-order valence-corrected chi connectivity index (χ3v) is 2.85. The molecule has 4 heteroatoms. The number of benzene rings is 1. The van der Waals surface area contributed by atoms with E-state index in [1.54, 1.807) is 7.11 Å². The molecule has 0 saturated heterocycles. The first-order valence-electron chi connectivity index (χ1n) is 6.14. The smallest absolute Gasteiger partial charge is 0.124 e. The molecule has 0 atom stereocenters. The van der Waals surface area contributed by atoms with Crippen LogP contribution in [0.4, 0.5) is 5.82 Å². The summed E-state index contributed by atoms with van der Waals surface area (Å²) in [5.74, 6) is 1.95. The third-order valence-electron chi connectivity index (χ3n) is 2.85. The highest BCUT2D eigenvalue weighted by Crippen LogP contribution is 2.19. The van der Waals surface area contributed by atoms with Crippen LogP contribution in [0, 0.1) is 6.92 Å². The maximum Gasteiger partial charge on any atom is 0.124 e. The summed E-state index contributed by atoms with van der Waals surface area (Å²) in [5.41, 5.74) is 2.17. The molecule has 1 heterocycles. The Hall–Kier alpha value is -1.97. The van der Waals surface area contributed by atoms with E-state index in [9.17, 15) is 0 Å². The molecule has 1 N–H and O–H groups in total. The van der Waals surface area contributed by atoms with Gasteiger partial charge in [0.25, 0.3) is 0 Å². The predicted molar refractivity (Wildman–Crippen MR) is 73.0 cm³/mol. The van der Waals surface area contributed by atoms with Crippen LogP contribution in [0.2, 0.25) is 0 Å². The van der Waals surface area contributed by atoms with Gasteiger partial charge in [-0.25, -0.2) is 4.68 Å². The summed E-state index contributed by atoms with van der Waals surface area (Å²) in [7, 11) is 1.69. The molecule has 4 nitrogen and oxygen atoms in total. The Kier molecular flexibility index (Phi) is 3.87. The second-order valence-electron chi connectivity index (χ2n) is 4.15. The summed E-state index contributed by atoms with van der Waals surface area (Å²) in [6.07, 6.45) is 0. The van der Waals surface area contributed by atoms with E-state index in [1.165, 1.54) is 0 Å². The first kappa shape index (κ1) is 12.5. The number of para-hydroxylation sites is 1. The number of nitrogens with zero attached hydrogens (tertiary/aromatic N) is 2. The Bertz CT molecular complexity index is 520. The van der Waals surface area contributed by atoms with Crippen molar-refractivity contribution in [2.45, 2.75) is 26.9 Å². The number of hydrogen-bond acceptors (Lipinski definition) is 3. The van der Waals surface area contributed by atoms with Gasteiger partial charge in [0.15, 0.2) is 0 Å². The summed E-state index contributed by atoms with van der Waals surface area (Å²) >= 11 is 0. The summed E-state index contributed by atoms with van der Waals surface area (Å²) in [6.45, 7) is 5.68. The Labute approximate surface area is 108 Å². The lowest BCUT2D eigenvalue weighted by molar-refractivity contribution is 0.410. The van der Waals surface area contributed by atoms with Gasteiger partial charge in [0.2, 0.25) is 0 Å². The molecular formula is C14H19N3O. The number of nitrogens with one attached hydrogen (secondary N) is 1. The molecule has 0 fully saturated rings. The number of aryl methyl sites for hydroxylation is 2. The molecule has 0 amide bonds. The zero-order valence-corrected chi connectivity index (χ0v) is 11.1. The van der Waals surface area contributed by atoms with Crippen LogP contribution in [0.25, 0.3) is 0 Å². The van der Waals surface area contributed by atoms with E-state index in [0.717, 1.165) is 35.9 Å². The molecule has 0 radical (unpaired) electrons. The zero-order chi connectivity index (χ0) is 13.0. The van der Waals surface area contributed by atoms with Crippen LogP contribution in [-0.2, 0) is 13.1 Å². The molecule has 0 bridgehead atoms. The third kappa shape index (κ3) is 2.64. The van der Waals surface area contributed by atoms with Crippen molar-refractivity contribution < 1.29 is 4.74 Å². The van der Waals surface area contributed by atoms with E-state index in [0.29, 0.717) is 0 Å². The molecule has 0 aliphatic carbocycles. The van der Waals surface area contributed by atoms with Gasteiger partial charge in [-0.1, -0.05) is 18.2 Å². The minimum atomic E-state index is 0.731. The molecule has 96 valence electrons. The molecule has 1 aromatic heterocycles. The number of anilines is 1. The van der Waals surface area contributed by atoms with E-state index in [-0.39, 0.29) is 0 Å². The highest BCUT2D eigenvalue weighted by atomic mass is 16.5. The Balaban J connectivity index is 2.11. The summed E-state index contributed by atoms with van der Waals surface area (Å²) in [4.78, 5) is 0. The minimum Gasteiger partial charge on any atom is -0.496 e. The van der Waals surface area contributed by atoms with Crippen LogP contribution in [0.15, 0.2) is 30.3 Å². The highest BCUT2D eigenvalue weighted by Gasteiger charge is 2.05. The molecule has 18 heavy (non-hydrogen) atoms. The lowest BCUT2D eigenvalue weighted by Gasteiger charge is -2.11. The van der Waals surface area contributed by atoms with Gasteiger partial charge in [0, 0.05) is 24.7 Å². The normalized spacial score (nSPS) is 10.4. The van der Waals surface area contributed by atoms with Crippen molar-refractivity contribution >= 4 is 5.82 Å². The first-order chi connectivity index (χ1) is 8.74. The zero-order valence-electron chi connectivity index (χ0n) is 11.1. The topological polar surface area (TPSA) is 39.1 Å². The SMILES string of the molecule is CCn1nc(C)cc1NCc1ccccc1OC. The van der Waals surface area contributed by atoms with E-state index in [4.69, 9.17) is 4.74 Å². The minimum absolute atomic E-state index is 0.731. The van der Waals surface area contributed by atoms with Gasteiger partial charge in [-0.3, -0.25) is 0 Å². The van der Waals surface area contributed by atoms with Gasteiger partial charge in [0.05, 0.1) is 12.8 Å². The second-order valence-corrected chi connectivity index (χ2v) is 4.15. The molecule has 1 aromatic carbocycles. The van der Waals surface area contributed by atoms with Gasteiger partial charge >= 0.3 is 0 Å². The molecule has 0 aliphatic heterocycles. The predicted octanol–water partition coefficient (Wildman–Crippen LogP) is 2.83. The average Bonchev–Trinajstić information content (AvgIpc) is 2.77. The van der Waals surface area contributed by atoms with E-state index < -0.39 is 0 Å². The van der Waals surface area contributed by atoms with Crippen molar-refractivity contribution in [2.75, 3.05) is 12.4 Å². The van der Waals surface area contributed by atoms with Gasteiger partial charge in [-0.15, -0.1) is 0 Å². The van der Waals surface area contributed by atoms with Crippen molar-refractivity contribution in [1.82, 2.24) is 9.78 Å². The number of hydrogen-bond donors (Lipinski definition) is 1. The van der Waals surface area contributed by atoms with Crippen LogP contribution in [0.3, 0.4) is 0 Å². The van der Waals surface area contributed by atoms with Gasteiger partial charge < -0.3 is 10.1 Å². The quantitative estimate of drug-likeness (QED) is 0.880. The number of rotatable bonds is 5. The van der Waals surface area contributed by atoms with E-state index in [2.05, 4.69) is 29.5 Å². The highest BCUT2D eigenvalue weighted by molar-refractivity contribution is 5.41. The van der Waals surface area contributed by atoms with Crippen molar-refractivity contribution in [3.05, 3.63) is 41.6 Å². The monoisotopic (exact) mass is 245 g/mol. The standard InChI is InChI=1S/C14H19N3O/c1-4-17-14(9-11(2)16-17)15-10-12-7-5-6-8-13(12)18-3/h5-9,15H,4,10H2,1-3H3.